The van der Waals surface area contributed by atoms with Gasteiger partial charge in [-0.3, -0.25) is 0 Å². The largest absolute Gasteiger partial charge is 0.383 e. The summed E-state index contributed by atoms with van der Waals surface area (Å²) >= 11 is 0. The molecular formula is C13H13N3O2S. The number of nitrogens with zero attached hydrogens (tertiary/aromatic N) is 1. The first-order chi connectivity index (χ1) is 8.97. The van der Waals surface area contributed by atoms with Crippen molar-refractivity contribution in [2.24, 2.45) is 15.9 Å². The molecule has 0 unspecified atom stereocenters. The molecule has 0 aromatic heterocycles. The van der Waals surface area contributed by atoms with Crippen molar-refractivity contribution in [3.8, 4) is 0 Å². The Labute approximate surface area is 111 Å². The highest BCUT2D eigenvalue weighted by Crippen LogP contribution is 2.16. The van der Waals surface area contributed by atoms with E-state index in [2.05, 4.69) is 4.99 Å². The van der Waals surface area contributed by atoms with Gasteiger partial charge < -0.3 is 5.73 Å². The third kappa shape index (κ3) is 3.40. The summed E-state index contributed by atoms with van der Waals surface area (Å²) in [4.78, 5) is 4.26. The first-order valence-electron chi connectivity index (χ1n) is 5.49. The molecule has 0 aliphatic heterocycles. The lowest BCUT2D eigenvalue weighted by molar-refractivity contribution is 0.598. The number of nitrogens with two attached hydrogens (primary N) is 2. The van der Waals surface area contributed by atoms with Gasteiger partial charge in [-0.05, 0) is 24.3 Å². The Hall–Kier alpha value is -2.18. The summed E-state index contributed by atoms with van der Waals surface area (Å²) in [7, 11) is -3.68. The maximum absolute atomic E-state index is 11.1. The SMILES string of the molecule is NC(=Nc1ccc(S(N)(=O)=O)cc1)c1ccccc1. The van der Waals surface area contributed by atoms with Gasteiger partial charge >= 0.3 is 0 Å². The molecule has 98 valence electrons. The van der Waals surface area contributed by atoms with Crippen molar-refractivity contribution in [1.29, 1.82) is 0 Å². The number of hydrogen-bond donors (Lipinski definition) is 2. The Kier molecular flexibility index (Phi) is 3.64. The van der Waals surface area contributed by atoms with Crippen LogP contribution in [0.2, 0.25) is 0 Å². The Bertz CT molecular complexity index is 692. The van der Waals surface area contributed by atoms with E-state index in [4.69, 9.17) is 10.9 Å². The van der Waals surface area contributed by atoms with Crippen molar-refractivity contribution in [2.45, 2.75) is 4.90 Å². The van der Waals surface area contributed by atoms with Gasteiger partial charge in [0, 0.05) is 5.56 Å². The molecule has 0 saturated carbocycles. The van der Waals surface area contributed by atoms with Crippen LogP contribution in [0.4, 0.5) is 5.69 Å². The van der Waals surface area contributed by atoms with E-state index in [1.165, 1.54) is 12.1 Å². The fraction of sp³-hybridized carbons (Fsp3) is 0. The summed E-state index contributed by atoms with van der Waals surface area (Å²) in [5.74, 6) is 0.365. The smallest absolute Gasteiger partial charge is 0.238 e. The van der Waals surface area contributed by atoms with Crippen LogP contribution in [0.3, 0.4) is 0 Å². The van der Waals surface area contributed by atoms with E-state index in [0.29, 0.717) is 11.5 Å². The molecule has 0 aliphatic carbocycles. The van der Waals surface area contributed by atoms with E-state index in [-0.39, 0.29) is 4.90 Å². The quantitative estimate of drug-likeness (QED) is 0.653. The average Bonchev–Trinajstić information content (AvgIpc) is 2.39. The van der Waals surface area contributed by atoms with Crippen molar-refractivity contribution in [2.75, 3.05) is 0 Å². The molecule has 5 nitrogen and oxygen atoms in total. The lowest BCUT2D eigenvalue weighted by Gasteiger charge is -2.02. The molecule has 0 heterocycles. The molecule has 0 fully saturated rings. The van der Waals surface area contributed by atoms with E-state index in [1.807, 2.05) is 30.3 Å². The Morgan fingerprint density at radius 3 is 2.05 bits per heavy atom. The molecule has 4 N–H and O–H groups in total. The van der Waals surface area contributed by atoms with Gasteiger partial charge in [0.25, 0.3) is 0 Å². The van der Waals surface area contributed by atoms with Crippen LogP contribution < -0.4 is 10.9 Å². The number of sulfonamides is 1. The second-order valence-corrected chi connectivity index (χ2v) is 5.46. The summed E-state index contributed by atoms with van der Waals surface area (Å²) in [5, 5.41) is 5.01. The predicted molar refractivity (Wildman–Crippen MR) is 74.6 cm³/mol. The summed E-state index contributed by atoms with van der Waals surface area (Å²) in [5.41, 5.74) is 7.23. The molecule has 0 aliphatic rings. The van der Waals surface area contributed by atoms with Crippen LogP contribution in [-0.4, -0.2) is 14.3 Å². The van der Waals surface area contributed by atoms with Crippen LogP contribution >= 0.6 is 0 Å². The van der Waals surface area contributed by atoms with E-state index < -0.39 is 10.0 Å². The fourth-order valence-corrected chi connectivity index (χ4v) is 2.04. The van der Waals surface area contributed by atoms with Crippen LogP contribution in [0.25, 0.3) is 0 Å². The van der Waals surface area contributed by atoms with Crippen LogP contribution in [0.5, 0.6) is 0 Å². The molecule has 2 aromatic rings. The molecule has 0 amide bonds. The zero-order valence-electron chi connectivity index (χ0n) is 10.0. The number of aliphatic imine (C=N–C) groups is 1. The fourth-order valence-electron chi connectivity index (χ4n) is 1.52. The molecule has 0 atom stereocenters. The van der Waals surface area contributed by atoms with Gasteiger partial charge in [0.1, 0.15) is 5.84 Å². The molecule has 2 aromatic carbocycles. The summed E-state index contributed by atoms with van der Waals surface area (Å²) in [6.07, 6.45) is 0. The third-order valence-electron chi connectivity index (χ3n) is 2.48. The minimum absolute atomic E-state index is 0.0460. The van der Waals surface area contributed by atoms with Crippen LogP contribution in [0.15, 0.2) is 64.5 Å². The highest BCUT2D eigenvalue weighted by atomic mass is 32.2. The number of amidine groups is 1. The Morgan fingerprint density at radius 2 is 1.53 bits per heavy atom. The zero-order chi connectivity index (χ0) is 13.9. The molecule has 0 saturated heterocycles. The maximum Gasteiger partial charge on any atom is 0.238 e. The first kappa shape index (κ1) is 13.3. The topological polar surface area (TPSA) is 98.5 Å². The van der Waals surface area contributed by atoms with Crippen LogP contribution in [0, 0.1) is 0 Å². The molecular weight excluding hydrogens is 262 g/mol. The van der Waals surface area contributed by atoms with Crippen molar-refractivity contribution in [3.05, 3.63) is 60.2 Å². The summed E-state index contributed by atoms with van der Waals surface area (Å²) < 4.78 is 22.2. The van der Waals surface area contributed by atoms with Crippen molar-refractivity contribution < 1.29 is 8.42 Å². The van der Waals surface area contributed by atoms with Gasteiger partial charge in [-0.1, -0.05) is 30.3 Å². The second-order valence-electron chi connectivity index (χ2n) is 3.90. The van der Waals surface area contributed by atoms with Gasteiger partial charge in [-0.2, -0.15) is 0 Å². The molecule has 2 rings (SSSR count). The van der Waals surface area contributed by atoms with Crippen molar-refractivity contribution in [1.82, 2.24) is 0 Å². The van der Waals surface area contributed by atoms with E-state index >= 15 is 0 Å². The minimum Gasteiger partial charge on any atom is -0.383 e. The molecule has 0 spiro atoms. The van der Waals surface area contributed by atoms with Gasteiger partial charge in [-0.15, -0.1) is 0 Å². The van der Waals surface area contributed by atoms with Gasteiger partial charge in [0.15, 0.2) is 0 Å². The monoisotopic (exact) mass is 275 g/mol. The first-order valence-corrected chi connectivity index (χ1v) is 7.04. The van der Waals surface area contributed by atoms with Crippen molar-refractivity contribution >= 4 is 21.5 Å². The highest BCUT2D eigenvalue weighted by Gasteiger charge is 2.06. The normalized spacial score (nSPS) is 12.4. The summed E-state index contributed by atoms with van der Waals surface area (Å²) in [6, 6.07) is 15.2. The Balaban J connectivity index is 2.29. The molecule has 6 heteroatoms. The van der Waals surface area contributed by atoms with E-state index in [1.54, 1.807) is 12.1 Å². The molecule has 0 bridgehead atoms. The summed E-state index contributed by atoms with van der Waals surface area (Å²) in [6.45, 7) is 0. The van der Waals surface area contributed by atoms with Gasteiger partial charge in [0.2, 0.25) is 10.0 Å². The minimum atomic E-state index is -3.68. The number of benzene rings is 2. The average molecular weight is 275 g/mol. The standard InChI is InChI=1S/C13H13N3O2S/c14-13(10-4-2-1-3-5-10)16-11-6-8-12(9-7-11)19(15,17)18/h1-9H,(H2,14,16)(H2,15,17,18). The number of rotatable bonds is 3. The van der Waals surface area contributed by atoms with Gasteiger partial charge in [0.05, 0.1) is 10.6 Å². The third-order valence-corrected chi connectivity index (χ3v) is 3.41. The number of primary sulfonamides is 1. The van der Waals surface area contributed by atoms with E-state index in [9.17, 15) is 8.42 Å². The van der Waals surface area contributed by atoms with Gasteiger partial charge in [-0.25, -0.2) is 18.5 Å². The second kappa shape index (κ2) is 5.21. The maximum atomic E-state index is 11.1. The molecule has 0 radical (unpaired) electrons. The van der Waals surface area contributed by atoms with Crippen LogP contribution in [0.1, 0.15) is 5.56 Å². The number of hydrogen-bond acceptors (Lipinski definition) is 3. The zero-order valence-corrected chi connectivity index (χ0v) is 10.8. The predicted octanol–water partition coefficient (Wildman–Crippen LogP) is 1.37. The lowest BCUT2D eigenvalue weighted by atomic mass is 10.2. The van der Waals surface area contributed by atoms with Crippen LogP contribution in [-0.2, 0) is 10.0 Å². The van der Waals surface area contributed by atoms with E-state index in [0.717, 1.165) is 5.56 Å². The Morgan fingerprint density at radius 1 is 0.947 bits per heavy atom. The van der Waals surface area contributed by atoms with Crippen molar-refractivity contribution in [3.63, 3.8) is 0 Å². The molecule has 19 heavy (non-hydrogen) atoms. The lowest BCUT2D eigenvalue weighted by Crippen LogP contribution is -2.13. The highest BCUT2D eigenvalue weighted by molar-refractivity contribution is 7.89.